The van der Waals surface area contributed by atoms with Crippen LogP contribution in [-0.2, 0) is 14.6 Å². The lowest BCUT2D eigenvalue weighted by Crippen LogP contribution is -2.35. The van der Waals surface area contributed by atoms with Crippen LogP contribution in [0, 0.1) is 0 Å². The first-order valence-corrected chi connectivity index (χ1v) is 11.2. The second-order valence-corrected chi connectivity index (χ2v) is 9.71. The maximum Gasteiger partial charge on any atom is 0.267 e. The Hall–Kier alpha value is -1.73. The van der Waals surface area contributed by atoms with E-state index in [1.807, 2.05) is 0 Å². The third kappa shape index (κ3) is 3.28. The molecular weight excluding hydrogens is 443 g/mol. The number of hydrogen-bond acceptors (Lipinski definition) is 4. The van der Waals surface area contributed by atoms with Crippen molar-refractivity contribution in [3.05, 3.63) is 62.6 Å². The highest BCUT2D eigenvalue weighted by molar-refractivity contribution is 7.96. The van der Waals surface area contributed by atoms with E-state index in [9.17, 15) is 13.2 Å². The van der Waals surface area contributed by atoms with E-state index in [0.717, 1.165) is 12.8 Å². The van der Waals surface area contributed by atoms with Gasteiger partial charge < -0.3 is 9.80 Å². The van der Waals surface area contributed by atoms with Gasteiger partial charge in [0, 0.05) is 30.0 Å². The molecule has 1 amide bonds. The summed E-state index contributed by atoms with van der Waals surface area (Å²) in [6.07, 6.45) is 3.07. The van der Waals surface area contributed by atoms with E-state index in [1.54, 1.807) is 34.1 Å². The highest BCUT2D eigenvalue weighted by Crippen LogP contribution is 2.42. The number of halogens is 3. The van der Waals surface area contributed by atoms with Crippen LogP contribution in [0.2, 0.25) is 15.1 Å². The Bertz CT molecular complexity index is 1110. The van der Waals surface area contributed by atoms with E-state index < -0.39 is 15.7 Å². The first kappa shape index (κ1) is 19.6. The summed E-state index contributed by atoms with van der Waals surface area (Å²) in [6, 6.07) is 9.38. The Morgan fingerprint density at radius 2 is 1.64 bits per heavy atom. The van der Waals surface area contributed by atoms with Crippen LogP contribution >= 0.6 is 34.8 Å². The molecule has 0 aromatic heterocycles. The number of rotatable bonds is 2. The fourth-order valence-electron chi connectivity index (χ4n) is 3.38. The van der Waals surface area contributed by atoms with Gasteiger partial charge in [-0.3, -0.25) is 4.79 Å². The molecule has 2 aromatic rings. The smallest absolute Gasteiger partial charge is 0.267 e. The average Bonchev–Trinajstić information content (AvgIpc) is 3.18. The van der Waals surface area contributed by atoms with E-state index in [1.165, 1.54) is 18.3 Å². The van der Waals surface area contributed by atoms with Crippen LogP contribution in [-0.4, -0.2) is 32.3 Å². The zero-order valence-electron chi connectivity index (χ0n) is 14.5. The molecule has 1 fully saturated rings. The first-order valence-electron chi connectivity index (χ1n) is 8.59. The molecule has 2 heterocycles. The Morgan fingerprint density at radius 1 is 0.929 bits per heavy atom. The number of fused-ring (bicyclic) bond motifs is 1. The van der Waals surface area contributed by atoms with Gasteiger partial charge >= 0.3 is 0 Å². The van der Waals surface area contributed by atoms with Gasteiger partial charge in [0.15, 0.2) is 4.91 Å². The third-order valence-corrected chi connectivity index (χ3v) is 7.55. The molecule has 0 aliphatic carbocycles. The fraction of sp³-hybridized carbons (Fsp3) is 0.211. The van der Waals surface area contributed by atoms with Gasteiger partial charge in [-0.1, -0.05) is 34.8 Å². The molecule has 1 saturated heterocycles. The predicted molar refractivity (Wildman–Crippen MR) is 111 cm³/mol. The zero-order valence-corrected chi connectivity index (χ0v) is 17.6. The standard InChI is InChI=1S/C19H15Cl3N2O3S/c20-12-3-6-17-16(9-12)24(13-4-5-14(21)15(22)10-13)11-18(28(17,26)27)19(25)23-7-1-2-8-23/h3-6,9-11H,1-2,7-8H2. The monoisotopic (exact) mass is 456 g/mol. The zero-order chi connectivity index (χ0) is 20.1. The van der Waals surface area contributed by atoms with Crippen molar-refractivity contribution in [3.63, 3.8) is 0 Å². The van der Waals surface area contributed by atoms with Gasteiger partial charge in [-0.05, 0) is 49.2 Å². The van der Waals surface area contributed by atoms with Crippen molar-refractivity contribution in [2.45, 2.75) is 17.7 Å². The molecule has 2 aromatic carbocycles. The van der Waals surface area contributed by atoms with Crippen molar-refractivity contribution in [2.75, 3.05) is 18.0 Å². The van der Waals surface area contributed by atoms with Crippen LogP contribution in [0.5, 0.6) is 0 Å². The topological polar surface area (TPSA) is 57.7 Å². The first-order chi connectivity index (χ1) is 13.3. The molecule has 9 heteroatoms. The molecule has 0 bridgehead atoms. The maximum atomic E-state index is 13.2. The lowest BCUT2D eigenvalue weighted by molar-refractivity contribution is -0.125. The van der Waals surface area contributed by atoms with Gasteiger partial charge in [0.1, 0.15) is 0 Å². The van der Waals surface area contributed by atoms with Crippen LogP contribution < -0.4 is 4.90 Å². The number of anilines is 2. The van der Waals surface area contributed by atoms with E-state index in [2.05, 4.69) is 0 Å². The average molecular weight is 458 g/mol. The van der Waals surface area contributed by atoms with E-state index in [0.29, 0.717) is 39.5 Å². The predicted octanol–water partition coefficient (Wildman–Crippen LogP) is 5.04. The molecule has 0 radical (unpaired) electrons. The number of carbonyl (C=O) groups excluding carboxylic acids is 1. The van der Waals surface area contributed by atoms with Gasteiger partial charge in [-0.25, -0.2) is 8.42 Å². The van der Waals surface area contributed by atoms with Crippen molar-refractivity contribution >= 4 is 61.9 Å². The lowest BCUT2D eigenvalue weighted by Gasteiger charge is -2.30. The minimum Gasteiger partial charge on any atom is -0.338 e. The molecule has 146 valence electrons. The summed E-state index contributed by atoms with van der Waals surface area (Å²) >= 11 is 18.3. The highest BCUT2D eigenvalue weighted by Gasteiger charge is 2.38. The van der Waals surface area contributed by atoms with Crippen molar-refractivity contribution in [3.8, 4) is 0 Å². The second kappa shape index (κ2) is 7.26. The Balaban J connectivity index is 1.91. The molecule has 28 heavy (non-hydrogen) atoms. The summed E-state index contributed by atoms with van der Waals surface area (Å²) in [6.45, 7) is 1.10. The Labute approximate surface area is 178 Å². The van der Waals surface area contributed by atoms with Crippen LogP contribution in [0.25, 0.3) is 0 Å². The third-order valence-electron chi connectivity index (χ3n) is 4.79. The van der Waals surface area contributed by atoms with Crippen LogP contribution in [0.1, 0.15) is 12.8 Å². The van der Waals surface area contributed by atoms with Crippen LogP contribution in [0.4, 0.5) is 11.4 Å². The molecule has 2 aliphatic heterocycles. The molecule has 0 saturated carbocycles. The highest BCUT2D eigenvalue weighted by atomic mass is 35.5. The Morgan fingerprint density at radius 3 is 2.32 bits per heavy atom. The molecule has 0 N–H and O–H groups in total. The Kier molecular flexibility index (Phi) is 5.08. The largest absolute Gasteiger partial charge is 0.338 e. The molecule has 0 unspecified atom stereocenters. The molecule has 0 atom stereocenters. The molecular formula is C19H15Cl3N2O3S. The summed E-state index contributed by atoms with van der Waals surface area (Å²) in [4.78, 5) is 15.9. The number of amides is 1. The van der Waals surface area contributed by atoms with Crippen molar-refractivity contribution in [1.29, 1.82) is 0 Å². The molecule has 0 spiro atoms. The van der Waals surface area contributed by atoms with Crippen LogP contribution in [0.3, 0.4) is 0 Å². The van der Waals surface area contributed by atoms with Crippen molar-refractivity contribution in [1.82, 2.24) is 4.90 Å². The van der Waals surface area contributed by atoms with Gasteiger partial charge in [-0.15, -0.1) is 0 Å². The lowest BCUT2D eigenvalue weighted by atomic mass is 10.2. The summed E-state index contributed by atoms with van der Waals surface area (Å²) in [5.74, 6) is -0.497. The quantitative estimate of drug-likeness (QED) is 0.634. The molecule has 4 rings (SSSR count). The summed E-state index contributed by atoms with van der Waals surface area (Å²) in [5.41, 5.74) is 0.920. The van der Waals surface area contributed by atoms with Crippen LogP contribution in [0.15, 0.2) is 52.4 Å². The van der Waals surface area contributed by atoms with E-state index in [4.69, 9.17) is 34.8 Å². The summed E-state index contributed by atoms with van der Waals surface area (Å²) < 4.78 is 26.4. The van der Waals surface area contributed by atoms with Crippen molar-refractivity contribution in [2.24, 2.45) is 0 Å². The number of nitrogens with zero attached hydrogens (tertiary/aromatic N) is 2. The second-order valence-electron chi connectivity index (χ2n) is 6.58. The number of sulfone groups is 1. The van der Waals surface area contributed by atoms with Gasteiger partial charge in [0.25, 0.3) is 5.91 Å². The van der Waals surface area contributed by atoms with E-state index in [-0.39, 0.29) is 9.80 Å². The number of benzene rings is 2. The minimum absolute atomic E-state index is 0.0213. The van der Waals surface area contributed by atoms with Gasteiger partial charge in [-0.2, -0.15) is 0 Å². The summed E-state index contributed by atoms with van der Waals surface area (Å²) in [7, 11) is -3.98. The van der Waals surface area contributed by atoms with Gasteiger partial charge in [0.2, 0.25) is 9.84 Å². The normalized spacial score (nSPS) is 18.0. The summed E-state index contributed by atoms with van der Waals surface area (Å²) in [5, 5.41) is 1.07. The van der Waals surface area contributed by atoms with Gasteiger partial charge in [0.05, 0.1) is 20.6 Å². The molecule has 2 aliphatic rings. The SMILES string of the molecule is O=C(C1=CN(c2ccc(Cl)c(Cl)c2)c2cc(Cl)ccc2S1(=O)=O)N1CCCC1. The maximum absolute atomic E-state index is 13.2. The number of likely N-dealkylation sites (tertiary alicyclic amines) is 1. The molecule has 5 nitrogen and oxygen atoms in total. The fourth-order valence-corrected chi connectivity index (χ4v) is 5.35. The number of carbonyl (C=O) groups is 1. The minimum atomic E-state index is -3.98. The van der Waals surface area contributed by atoms with Crippen molar-refractivity contribution < 1.29 is 13.2 Å². The number of hydrogen-bond donors (Lipinski definition) is 0. The van der Waals surface area contributed by atoms with E-state index >= 15 is 0 Å².